The SMILES string of the molecule is Cc1cc(C(=O)NCCCN2CCCCCC2)c2c(C)nn(-c3cccc(Cl)c3C)c2n1. The third-order valence-corrected chi connectivity index (χ3v) is 6.70. The molecule has 1 N–H and O–H groups in total. The molecule has 0 radical (unpaired) electrons. The third-order valence-electron chi connectivity index (χ3n) is 6.29. The molecular weight excluding hydrogens is 422 g/mol. The second-order valence-electron chi connectivity index (χ2n) is 8.76. The number of aromatic nitrogens is 3. The zero-order chi connectivity index (χ0) is 22.7. The molecule has 2 aromatic heterocycles. The number of pyridine rings is 1. The van der Waals surface area contributed by atoms with Crippen LogP contribution in [0.25, 0.3) is 16.7 Å². The Morgan fingerprint density at radius 3 is 2.62 bits per heavy atom. The molecule has 1 fully saturated rings. The molecule has 0 atom stereocenters. The number of carbonyl (C=O) groups is 1. The molecular formula is C25H32ClN5O. The van der Waals surface area contributed by atoms with Gasteiger partial charge >= 0.3 is 0 Å². The van der Waals surface area contributed by atoms with Gasteiger partial charge in [-0.15, -0.1) is 0 Å². The lowest BCUT2D eigenvalue weighted by atomic mass is 10.1. The molecule has 32 heavy (non-hydrogen) atoms. The van der Waals surface area contributed by atoms with Crippen molar-refractivity contribution in [2.45, 2.75) is 52.9 Å². The van der Waals surface area contributed by atoms with Crippen LogP contribution in [0.5, 0.6) is 0 Å². The predicted molar refractivity (Wildman–Crippen MR) is 130 cm³/mol. The van der Waals surface area contributed by atoms with E-state index in [1.807, 2.05) is 45.0 Å². The Kier molecular flexibility index (Phi) is 7.11. The molecule has 1 aliphatic rings. The summed E-state index contributed by atoms with van der Waals surface area (Å²) in [5, 5.41) is 9.31. The molecule has 0 aliphatic carbocycles. The Balaban J connectivity index is 1.54. The lowest BCUT2D eigenvalue weighted by Crippen LogP contribution is -2.30. The Hall–Kier alpha value is -2.44. The van der Waals surface area contributed by atoms with Crippen LogP contribution in [0.15, 0.2) is 24.3 Å². The zero-order valence-electron chi connectivity index (χ0n) is 19.2. The molecule has 6 nitrogen and oxygen atoms in total. The van der Waals surface area contributed by atoms with Gasteiger partial charge in [-0.05, 0) is 83.4 Å². The molecule has 4 rings (SSSR count). The van der Waals surface area contributed by atoms with Gasteiger partial charge in [-0.25, -0.2) is 9.67 Å². The topological polar surface area (TPSA) is 63.1 Å². The summed E-state index contributed by atoms with van der Waals surface area (Å²) in [6.07, 6.45) is 6.21. The second-order valence-corrected chi connectivity index (χ2v) is 9.16. The fourth-order valence-electron chi connectivity index (χ4n) is 4.55. The standard InChI is InChI=1S/C25H32ClN5O/c1-17-16-20(25(32)27-12-9-15-30-13-6-4-5-7-14-30)23-19(3)29-31(24(23)28-17)22-11-8-10-21(26)18(22)2/h8,10-11,16H,4-7,9,12-15H2,1-3H3,(H,27,32). The van der Waals surface area contributed by atoms with E-state index in [0.29, 0.717) is 22.8 Å². The van der Waals surface area contributed by atoms with E-state index in [9.17, 15) is 4.79 Å². The monoisotopic (exact) mass is 453 g/mol. The van der Waals surface area contributed by atoms with Crippen molar-refractivity contribution in [2.24, 2.45) is 0 Å². The molecule has 0 spiro atoms. The van der Waals surface area contributed by atoms with Crippen LogP contribution in [-0.2, 0) is 0 Å². The van der Waals surface area contributed by atoms with Gasteiger partial charge in [0.2, 0.25) is 0 Å². The van der Waals surface area contributed by atoms with Crippen molar-refractivity contribution in [3.8, 4) is 5.69 Å². The Morgan fingerprint density at radius 2 is 1.88 bits per heavy atom. The van der Waals surface area contributed by atoms with Crippen LogP contribution in [0, 0.1) is 20.8 Å². The van der Waals surface area contributed by atoms with Gasteiger partial charge in [0, 0.05) is 17.3 Å². The summed E-state index contributed by atoms with van der Waals surface area (Å²) in [6, 6.07) is 7.60. The first-order valence-electron chi connectivity index (χ1n) is 11.6. The average Bonchev–Trinajstić information content (AvgIpc) is 2.93. The maximum atomic E-state index is 13.1. The molecule has 1 amide bonds. The summed E-state index contributed by atoms with van der Waals surface area (Å²) in [4.78, 5) is 20.4. The number of benzene rings is 1. The van der Waals surface area contributed by atoms with E-state index in [1.54, 1.807) is 4.68 Å². The Labute approximate surface area is 195 Å². The normalized spacial score (nSPS) is 15.1. The highest BCUT2D eigenvalue weighted by Crippen LogP contribution is 2.28. The zero-order valence-corrected chi connectivity index (χ0v) is 20.0. The minimum Gasteiger partial charge on any atom is -0.352 e. The van der Waals surface area contributed by atoms with Gasteiger partial charge in [0.1, 0.15) is 0 Å². The first-order valence-corrected chi connectivity index (χ1v) is 12.0. The van der Waals surface area contributed by atoms with Crippen molar-refractivity contribution in [3.63, 3.8) is 0 Å². The summed E-state index contributed by atoms with van der Waals surface area (Å²) < 4.78 is 1.80. The summed E-state index contributed by atoms with van der Waals surface area (Å²) in [7, 11) is 0. The number of hydrogen-bond donors (Lipinski definition) is 1. The highest BCUT2D eigenvalue weighted by molar-refractivity contribution is 6.31. The number of rotatable bonds is 6. The molecule has 0 saturated carbocycles. The molecule has 7 heteroatoms. The number of nitrogens with one attached hydrogen (secondary N) is 1. The molecule has 170 valence electrons. The van der Waals surface area contributed by atoms with Crippen LogP contribution in [0.3, 0.4) is 0 Å². The van der Waals surface area contributed by atoms with Crippen LogP contribution in [0.1, 0.15) is 59.4 Å². The number of nitrogens with zero attached hydrogens (tertiary/aromatic N) is 4. The van der Waals surface area contributed by atoms with E-state index in [4.69, 9.17) is 21.7 Å². The van der Waals surface area contributed by atoms with Crippen LogP contribution < -0.4 is 5.32 Å². The van der Waals surface area contributed by atoms with E-state index in [-0.39, 0.29) is 5.91 Å². The fourth-order valence-corrected chi connectivity index (χ4v) is 4.72. The van der Waals surface area contributed by atoms with Gasteiger partial charge in [0.15, 0.2) is 5.65 Å². The Morgan fingerprint density at radius 1 is 1.12 bits per heavy atom. The summed E-state index contributed by atoms with van der Waals surface area (Å²) in [5.41, 5.74) is 4.68. The van der Waals surface area contributed by atoms with Gasteiger partial charge in [-0.2, -0.15) is 5.10 Å². The molecule has 0 unspecified atom stereocenters. The number of amides is 1. The largest absolute Gasteiger partial charge is 0.352 e. The number of halogens is 1. The van der Waals surface area contributed by atoms with Crippen molar-refractivity contribution >= 4 is 28.5 Å². The third kappa shape index (κ3) is 4.81. The maximum absolute atomic E-state index is 13.1. The summed E-state index contributed by atoms with van der Waals surface area (Å²) >= 11 is 6.34. The quantitative estimate of drug-likeness (QED) is 0.534. The fraction of sp³-hybridized carbons (Fsp3) is 0.480. The second kappa shape index (κ2) is 10.0. The van der Waals surface area contributed by atoms with E-state index < -0.39 is 0 Å². The van der Waals surface area contributed by atoms with Crippen molar-refractivity contribution in [2.75, 3.05) is 26.2 Å². The van der Waals surface area contributed by atoms with Gasteiger partial charge in [-0.3, -0.25) is 4.79 Å². The van der Waals surface area contributed by atoms with Crippen molar-refractivity contribution in [3.05, 3.63) is 51.8 Å². The average molecular weight is 454 g/mol. The minimum atomic E-state index is -0.0677. The molecule has 3 aromatic rings. The molecule has 3 heterocycles. The van der Waals surface area contributed by atoms with E-state index in [0.717, 1.165) is 41.0 Å². The number of fused-ring (bicyclic) bond motifs is 1. The van der Waals surface area contributed by atoms with Crippen LogP contribution in [0.4, 0.5) is 0 Å². The molecule has 1 aliphatic heterocycles. The van der Waals surface area contributed by atoms with E-state index >= 15 is 0 Å². The van der Waals surface area contributed by atoms with Crippen molar-refractivity contribution < 1.29 is 4.79 Å². The molecule has 1 aromatic carbocycles. The van der Waals surface area contributed by atoms with E-state index in [2.05, 4.69) is 10.2 Å². The van der Waals surface area contributed by atoms with E-state index in [1.165, 1.54) is 38.8 Å². The first-order chi connectivity index (χ1) is 15.5. The highest BCUT2D eigenvalue weighted by atomic mass is 35.5. The summed E-state index contributed by atoms with van der Waals surface area (Å²) in [6.45, 7) is 9.86. The van der Waals surface area contributed by atoms with Gasteiger partial charge in [0.05, 0.1) is 22.3 Å². The predicted octanol–water partition coefficient (Wildman–Crippen LogP) is 5.00. The number of hydrogen-bond acceptors (Lipinski definition) is 4. The minimum absolute atomic E-state index is 0.0677. The van der Waals surface area contributed by atoms with Crippen LogP contribution in [0.2, 0.25) is 5.02 Å². The lowest BCUT2D eigenvalue weighted by molar-refractivity contribution is 0.0953. The number of aryl methyl sites for hydroxylation is 2. The van der Waals surface area contributed by atoms with Gasteiger partial charge < -0.3 is 10.2 Å². The number of likely N-dealkylation sites (tertiary alicyclic amines) is 1. The lowest BCUT2D eigenvalue weighted by Gasteiger charge is -2.19. The van der Waals surface area contributed by atoms with Crippen molar-refractivity contribution in [1.82, 2.24) is 25.0 Å². The maximum Gasteiger partial charge on any atom is 0.252 e. The first kappa shape index (κ1) is 22.7. The smallest absolute Gasteiger partial charge is 0.252 e. The van der Waals surface area contributed by atoms with Gasteiger partial charge in [0.25, 0.3) is 5.91 Å². The highest BCUT2D eigenvalue weighted by Gasteiger charge is 2.20. The Bertz CT molecular complexity index is 1120. The molecule has 0 bridgehead atoms. The van der Waals surface area contributed by atoms with Crippen LogP contribution in [-0.4, -0.2) is 51.8 Å². The summed E-state index contributed by atoms with van der Waals surface area (Å²) in [5.74, 6) is -0.0677. The van der Waals surface area contributed by atoms with Crippen molar-refractivity contribution in [1.29, 1.82) is 0 Å². The van der Waals surface area contributed by atoms with Crippen LogP contribution >= 0.6 is 11.6 Å². The molecule has 1 saturated heterocycles. The van der Waals surface area contributed by atoms with Gasteiger partial charge in [-0.1, -0.05) is 30.5 Å². The number of carbonyl (C=O) groups excluding carboxylic acids is 1.